The normalized spacial score (nSPS) is 12.4. The van der Waals surface area contributed by atoms with E-state index in [9.17, 15) is 0 Å². The summed E-state index contributed by atoms with van der Waals surface area (Å²) in [5.74, 6) is 0.851. The molecule has 17 heavy (non-hydrogen) atoms. The van der Waals surface area contributed by atoms with Gasteiger partial charge in [-0.05, 0) is 36.5 Å². The van der Waals surface area contributed by atoms with Gasteiger partial charge in [-0.15, -0.1) is 5.10 Å². The van der Waals surface area contributed by atoms with Gasteiger partial charge in [-0.3, -0.25) is 0 Å². The van der Waals surface area contributed by atoms with E-state index in [1.54, 1.807) is 4.52 Å². The lowest BCUT2D eigenvalue weighted by Gasteiger charge is -2.14. The van der Waals surface area contributed by atoms with E-state index in [0.29, 0.717) is 5.15 Å². The first-order chi connectivity index (χ1) is 7.78. The SMILES string of the molecule is Cc1cc2nc(CC(C)(C)C)nn2c(Cl)c1C. The molecule has 0 aromatic carbocycles. The van der Waals surface area contributed by atoms with Gasteiger partial charge in [0.1, 0.15) is 5.15 Å². The Hall–Kier alpha value is -1.09. The molecule has 0 atom stereocenters. The summed E-state index contributed by atoms with van der Waals surface area (Å²) in [5, 5.41) is 5.13. The van der Waals surface area contributed by atoms with Gasteiger partial charge in [0, 0.05) is 6.42 Å². The van der Waals surface area contributed by atoms with Crippen molar-refractivity contribution in [2.75, 3.05) is 0 Å². The number of pyridine rings is 1. The van der Waals surface area contributed by atoms with E-state index >= 15 is 0 Å². The van der Waals surface area contributed by atoms with Crippen molar-refractivity contribution in [1.82, 2.24) is 14.6 Å². The molecule has 2 aromatic heterocycles. The van der Waals surface area contributed by atoms with Crippen molar-refractivity contribution in [3.8, 4) is 0 Å². The van der Waals surface area contributed by atoms with Gasteiger partial charge >= 0.3 is 0 Å². The minimum atomic E-state index is 0.182. The van der Waals surface area contributed by atoms with Gasteiger partial charge in [-0.2, -0.15) is 0 Å². The van der Waals surface area contributed by atoms with Gasteiger partial charge in [0.15, 0.2) is 11.5 Å². The summed E-state index contributed by atoms with van der Waals surface area (Å²) in [6.45, 7) is 10.6. The Morgan fingerprint density at radius 1 is 1.29 bits per heavy atom. The van der Waals surface area contributed by atoms with Crippen LogP contribution in [0.3, 0.4) is 0 Å². The van der Waals surface area contributed by atoms with Gasteiger partial charge in [0.05, 0.1) is 0 Å². The molecule has 0 aliphatic carbocycles. The van der Waals surface area contributed by atoms with Gasteiger partial charge in [-0.25, -0.2) is 9.50 Å². The summed E-state index contributed by atoms with van der Waals surface area (Å²) < 4.78 is 1.73. The number of nitrogens with zero attached hydrogens (tertiary/aromatic N) is 3. The number of hydrogen-bond donors (Lipinski definition) is 0. The van der Waals surface area contributed by atoms with Crippen LogP contribution in [0, 0.1) is 19.3 Å². The lowest BCUT2D eigenvalue weighted by atomic mass is 9.92. The molecule has 0 radical (unpaired) electrons. The van der Waals surface area contributed by atoms with Crippen LogP contribution in [-0.2, 0) is 6.42 Å². The Bertz CT molecular complexity index is 564. The number of rotatable bonds is 1. The van der Waals surface area contributed by atoms with Crippen LogP contribution in [0.15, 0.2) is 6.07 Å². The maximum atomic E-state index is 6.28. The number of fused-ring (bicyclic) bond motifs is 1. The summed E-state index contributed by atoms with van der Waals surface area (Å²) >= 11 is 6.28. The number of aryl methyl sites for hydroxylation is 1. The first-order valence-electron chi connectivity index (χ1n) is 5.79. The highest BCUT2D eigenvalue weighted by Crippen LogP contribution is 2.23. The van der Waals surface area contributed by atoms with Crippen LogP contribution in [0.25, 0.3) is 5.65 Å². The van der Waals surface area contributed by atoms with Crippen molar-refractivity contribution in [3.63, 3.8) is 0 Å². The van der Waals surface area contributed by atoms with Crippen LogP contribution >= 0.6 is 11.6 Å². The van der Waals surface area contributed by atoms with Crippen LogP contribution in [-0.4, -0.2) is 14.6 Å². The van der Waals surface area contributed by atoms with Crippen LogP contribution in [0.4, 0.5) is 0 Å². The van der Waals surface area contributed by atoms with E-state index in [4.69, 9.17) is 11.6 Å². The first kappa shape index (κ1) is 12.4. The van der Waals surface area contributed by atoms with Gasteiger partial charge < -0.3 is 0 Å². The van der Waals surface area contributed by atoms with Crippen molar-refractivity contribution in [2.45, 2.75) is 41.0 Å². The Morgan fingerprint density at radius 2 is 1.94 bits per heavy atom. The molecule has 0 N–H and O–H groups in total. The monoisotopic (exact) mass is 251 g/mol. The Balaban J connectivity index is 2.55. The molecule has 0 saturated heterocycles. The highest BCUT2D eigenvalue weighted by molar-refractivity contribution is 6.30. The molecule has 2 aromatic rings. The summed E-state index contributed by atoms with van der Waals surface area (Å²) in [7, 11) is 0. The molecule has 0 aliphatic rings. The second-order valence-corrected chi connectivity index (χ2v) is 6.14. The van der Waals surface area contributed by atoms with E-state index in [1.165, 1.54) is 0 Å². The highest BCUT2D eigenvalue weighted by Gasteiger charge is 2.16. The number of aromatic nitrogens is 3. The lowest BCUT2D eigenvalue weighted by Crippen LogP contribution is -2.10. The molecule has 0 saturated carbocycles. The molecule has 0 unspecified atom stereocenters. The molecular weight excluding hydrogens is 234 g/mol. The fourth-order valence-corrected chi connectivity index (χ4v) is 2.05. The van der Waals surface area contributed by atoms with Crippen LogP contribution in [0.5, 0.6) is 0 Å². The average molecular weight is 252 g/mol. The molecule has 0 fully saturated rings. The zero-order valence-electron chi connectivity index (χ0n) is 11.0. The summed E-state index contributed by atoms with van der Waals surface area (Å²) in [5.41, 5.74) is 3.22. The van der Waals surface area contributed by atoms with Crippen LogP contribution in [0.1, 0.15) is 37.7 Å². The molecule has 0 aliphatic heterocycles. The second kappa shape index (κ2) is 3.98. The average Bonchev–Trinajstić information content (AvgIpc) is 2.54. The molecule has 4 heteroatoms. The fraction of sp³-hybridized carbons (Fsp3) is 0.538. The number of hydrogen-bond acceptors (Lipinski definition) is 2. The van der Waals surface area contributed by atoms with Gasteiger partial charge in [0.25, 0.3) is 0 Å². The van der Waals surface area contributed by atoms with E-state index in [1.807, 2.05) is 19.9 Å². The Kier molecular flexibility index (Phi) is 2.90. The van der Waals surface area contributed by atoms with Crippen molar-refractivity contribution in [1.29, 1.82) is 0 Å². The molecular formula is C13H18ClN3. The second-order valence-electron chi connectivity index (χ2n) is 5.78. The fourth-order valence-electron chi connectivity index (χ4n) is 1.78. The van der Waals surface area contributed by atoms with Gasteiger partial charge in [0.2, 0.25) is 0 Å². The quantitative estimate of drug-likeness (QED) is 0.725. The first-order valence-corrected chi connectivity index (χ1v) is 6.17. The van der Waals surface area contributed by atoms with E-state index in [2.05, 4.69) is 30.9 Å². The Morgan fingerprint density at radius 3 is 2.53 bits per heavy atom. The zero-order valence-corrected chi connectivity index (χ0v) is 11.8. The van der Waals surface area contributed by atoms with Crippen molar-refractivity contribution in [3.05, 3.63) is 28.2 Å². The maximum absolute atomic E-state index is 6.28. The predicted molar refractivity (Wildman–Crippen MR) is 70.6 cm³/mol. The third-order valence-corrected chi connectivity index (χ3v) is 3.24. The molecule has 3 nitrogen and oxygen atoms in total. The smallest absolute Gasteiger partial charge is 0.157 e. The van der Waals surface area contributed by atoms with Crippen LogP contribution < -0.4 is 0 Å². The van der Waals surface area contributed by atoms with E-state index in [-0.39, 0.29) is 5.41 Å². The maximum Gasteiger partial charge on any atom is 0.157 e. The van der Waals surface area contributed by atoms with E-state index in [0.717, 1.165) is 29.0 Å². The summed E-state index contributed by atoms with van der Waals surface area (Å²) in [6.07, 6.45) is 0.850. The van der Waals surface area contributed by atoms with Crippen molar-refractivity contribution >= 4 is 17.2 Å². The number of halogens is 1. The molecule has 2 rings (SSSR count). The lowest BCUT2D eigenvalue weighted by molar-refractivity contribution is 0.401. The topological polar surface area (TPSA) is 30.2 Å². The third kappa shape index (κ3) is 2.44. The standard InChI is InChI=1S/C13H18ClN3/c1-8-6-11-15-10(7-13(3,4)5)16-17(11)12(14)9(8)2/h6H,7H2,1-5H3. The predicted octanol–water partition coefficient (Wildman–Crippen LogP) is 3.59. The molecule has 2 heterocycles. The van der Waals surface area contributed by atoms with Crippen molar-refractivity contribution in [2.24, 2.45) is 5.41 Å². The summed E-state index contributed by atoms with van der Waals surface area (Å²) in [6, 6.07) is 2.03. The molecule has 0 amide bonds. The molecule has 0 bridgehead atoms. The third-order valence-electron chi connectivity index (χ3n) is 2.80. The molecule has 92 valence electrons. The van der Waals surface area contributed by atoms with E-state index < -0.39 is 0 Å². The molecule has 0 spiro atoms. The zero-order chi connectivity index (χ0) is 12.8. The minimum Gasteiger partial charge on any atom is -0.212 e. The Labute approximate surface area is 107 Å². The largest absolute Gasteiger partial charge is 0.212 e. The highest BCUT2D eigenvalue weighted by atomic mass is 35.5. The summed E-state index contributed by atoms with van der Waals surface area (Å²) in [4.78, 5) is 4.53. The minimum absolute atomic E-state index is 0.182. The van der Waals surface area contributed by atoms with Crippen LogP contribution in [0.2, 0.25) is 5.15 Å². The van der Waals surface area contributed by atoms with Crippen molar-refractivity contribution < 1.29 is 0 Å². The van der Waals surface area contributed by atoms with Gasteiger partial charge in [-0.1, -0.05) is 32.4 Å².